The Morgan fingerprint density at radius 3 is 2.24 bits per heavy atom. The minimum absolute atomic E-state index is 0.262. The summed E-state index contributed by atoms with van der Waals surface area (Å²) >= 11 is 0. The van der Waals surface area contributed by atoms with Gasteiger partial charge in [0.05, 0.1) is 0 Å². The van der Waals surface area contributed by atoms with Gasteiger partial charge in [-0.15, -0.1) is 0 Å². The van der Waals surface area contributed by atoms with Crippen molar-refractivity contribution < 1.29 is 4.79 Å². The Morgan fingerprint density at radius 2 is 1.67 bits per heavy atom. The van der Waals surface area contributed by atoms with Crippen LogP contribution >= 0.6 is 0 Å². The van der Waals surface area contributed by atoms with Gasteiger partial charge in [-0.1, -0.05) is 17.7 Å². The fourth-order valence-corrected chi connectivity index (χ4v) is 2.97. The molecule has 1 N–H and O–H groups in total. The number of benzene rings is 1. The highest BCUT2D eigenvalue weighted by molar-refractivity contribution is 5.77. The van der Waals surface area contributed by atoms with Crippen molar-refractivity contribution in [3.63, 3.8) is 0 Å². The van der Waals surface area contributed by atoms with Crippen molar-refractivity contribution in [2.75, 3.05) is 45.1 Å². The lowest BCUT2D eigenvalue weighted by atomic mass is 10.1. The monoisotopic (exact) mass is 289 g/mol. The maximum absolute atomic E-state index is 12.2. The third-order valence-corrected chi connectivity index (χ3v) is 4.17. The molecule has 1 saturated heterocycles. The summed E-state index contributed by atoms with van der Waals surface area (Å²) in [6.07, 6.45) is 0.566. The van der Waals surface area contributed by atoms with Crippen LogP contribution in [0.2, 0.25) is 0 Å². The smallest absolute Gasteiger partial charge is 0.224 e. The highest BCUT2D eigenvalue weighted by Gasteiger charge is 2.18. The highest BCUT2D eigenvalue weighted by Crippen LogP contribution is 2.21. The van der Waals surface area contributed by atoms with Crippen molar-refractivity contribution in [2.45, 2.75) is 27.2 Å². The van der Waals surface area contributed by atoms with Crippen molar-refractivity contribution in [1.82, 2.24) is 9.80 Å². The molecule has 0 aromatic heterocycles. The second-order valence-electron chi connectivity index (χ2n) is 6.13. The molecule has 1 aromatic carbocycles. The van der Waals surface area contributed by atoms with E-state index < -0.39 is 0 Å². The normalized spacial score (nSPS) is 16.1. The molecule has 0 radical (unpaired) electrons. The summed E-state index contributed by atoms with van der Waals surface area (Å²) in [6.45, 7) is 10.7. The van der Waals surface area contributed by atoms with Crippen molar-refractivity contribution in [1.29, 1.82) is 0 Å². The van der Waals surface area contributed by atoms with Crippen LogP contribution < -0.4 is 5.32 Å². The van der Waals surface area contributed by atoms with Crippen LogP contribution in [-0.4, -0.2) is 55.5 Å². The van der Waals surface area contributed by atoms with Gasteiger partial charge in [0.2, 0.25) is 5.91 Å². The molecular formula is C17H27N3O. The maximum atomic E-state index is 12.2. The standard InChI is InChI=1S/C17H27N3O/c1-13-11-14(2)17(15(3)12-13)18-6-5-16(21)20-9-7-19(4)8-10-20/h11-12,18H,5-10H2,1-4H3. The molecule has 116 valence electrons. The summed E-state index contributed by atoms with van der Waals surface area (Å²) in [5.74, 6) is 0.262. The summed E-state index contributed by atoms with van der Waals surface area (Å²) in [7, 11) is 2.10. The zero-order chi connectivity index (χ0) is 15.4. The molecule has 1 amide bonds. The van der Waals surface area contributed by atoms with Gasteiger partial charge < -0.3 is 15.1 Å². The molecule has 0 unspecified atom stereocenters. The van der Waals surface area contributed by atoms with Crippen molar-refractivity contribution in [3.05, 3.63) is 28.8 Å². The molecule has 0 saturated carbocycles. The van der Waals surface area contributed by atoms with E-state index in [2.05, 4.69) is 50.2 Å². The molecule has 1 aliphatic rings. The molecule has 1 aromatic rings. The molecule has 0 aliphatic carbocycles. The van der Waals surface area contributed by atoms with Gasteiger partial charge >= 0.3 is 0 Å². The van der Waals surface area contributed by atoms with E-state index in [1.807, 2.05) is 4.90 Å². The Bertz CT molecular complexity index is 482. The molecule has 4 heteroatoms. The largest absolute Gasteiger partial charge is 0.384 e. The Balaban J connectivity index is 1.83. The van der Waals surface area contributed by atoms with E-state index in [4.69, 9.17) is 0 Å². The van der Waals surface area contributed by atoms with Crippen LogP contribution in [0.15, 0.2) is 12.1 Å². The number of anilines is 1. The van der Waals surface area contributed by atoms with Crippen LogP contribution in [0.4, 0.5) is 5.69 Å². The fraction of sp³-hybridized carbons (Fsp3) is 0.588. The van der Waals surface area contributed by atoms with E-state index in [0.717, 1.165) is 26.2 Å². The molecule has 4 nitrogen and oxygen atoms in total. The zero-order valence-corrected chi connectivity index (χ0v) is 13.7. The SMILES string of the molecule is Cc1cc(C)c(NCCC(=O)N2CCN(C)CC2)c(C)c1. The van der Waals surface area contributed by atoms with Gasteiger partial charge in [-0.05, 0) is 38.9 Å². The third-order valence-electron chi connectivity index (χ3n) is 4.17. The summed E-state index contributed by atoms with van der Waals surface area (Å²) in [5.41, 5.74) is 4.95. The minimum Gasteiger partial charge on any atom is -0.384 e. The number of rotatable bonds is 4. The first-order valence-electron chi connectivity index (χ1n) is 7.75. The Kier molecular flexibility index (Phi) is 5.23. The first-order chi connectivity index (χ1) is 9.97. The van der Waals surface area contributed by atoms with Crippen molar-refractivity contribution in [3.8, 4) is 0 Å². The van der Waals surface area contributed by atoms with E-state index >= 15 is 0 Å². The number of piperazine rings is 1. The number of aryl methyl sites for hydroxylation is 3. The van der Waals surface area contributed by atoms with E-state index in [0.29, 0.717) is 13.0 Å². The number of amides is 1. The Labute approximate surface area is 128 Å². The zero-order valence-electron chi connectivity index (χ0n) is 13.7. The lowest BCUT2D eigenvalue weighted by molar-refractivity contribution is -0.132. The number of hydrogen-bond donors (Lipinski definition) is 1. The van der Waals surface area contributed by atoms with Gasteiger partial charge in [0, 0.05) is 44.8 Å². The number of likely N-dealkylation sites (N-methyl/N-ethyl adjacent to an activating group) is 1. The predicted octanol–water partition coefficient (Wildman–Crippen LogP) is 2.19. The summed E-state index contributed by atoms with van der Waals surface area (Å²) < 4.78 is 0. The number of nitrogens with one attached hydrogen (secondary N) is 1. The average molecular weight is 289 g/mol. The van der Waals surface area contributed by atoms with Gasteiger partial charge in [0.1, 0.15) is 0 Å². The van der Waals surface area contributed by atoms with Crippen LogP contribution in [0, 0.1) is 20.8 Å². The molecular weight excluding hydrogens is 262 g/mol. The summed E-state index contributed by atoms with van der Waals surface area (Å²) in [4.78, 5) is 16.4. The van der Waals surface area contributed by atoms with Crippen LogP contribution in [0.25, 0.3) is 0 Å². The number of nitrogens with zero attached hydrogens (tertiary/aromatic N) is 2. The van der Waals surface area contributed by atoms with Crippen LogP contribution in [0.5, 0.6) is 0 Å². The van der Waals surface area contributed by atoms with E-state index in [1.54, 1.807) is 0 Å². The number of carbonyl (C=O) groups is 1. The second-order valence-corrected chi connectivity index (χ2v) is 6.13. The topological polar surface area (TPSA) is 35.6 Å². The molecule has 21 heavy (non-hydrogen) atoms. The van der Waals surface area contributed by atoms with E-state index in [-0.39, 0.29) is 5.91 Å². The summed E-state index contributed by atoms with van der Waals surface area (Å²) in [5, 5.41) is 3.43. The minimum atomic E-state index is 0.262. The van der Waals surface area contributed by atoms with Gasteiger partial charge in [-0.3, -0.25) is 4.79 Å². The maximum Gasteiger partial charge on any atom is 0.224 e. The van der Waals surface area contributed by atoms with Crippen molar-refractivity contribution in [2.24, 2.45) is 0 Å². The lowest BCUT2D eigenvalue weighted by Crippen LogP contribution is -2.47. The van der Waals surface area contributed by atoms with Gasteiger partial charge in [0.25, 0.3) is 0 Å². The fourth-order valence-electron chi connectivity index (χ4n) is 2.97. The van der Waals surface area contributed by atoms with Gasteiger partial charge in [-0.2, -0.15) is 0 Å². The molecule has 1 fully saturated rings. The van der Waals surface area contributed by atoms with Crippen molar-refractivity contribution >= 4 is 11.6 Å². The number of carbonyl (C=O) groups excluding carboxylic acids is 1. The second kappa shape index (κ2) is 6.94. The Morgan fingerprint density at radius 1 is 1.10 bits per heavy atom. The first-order valence-corrected chi connectivity index (χ1v) is 7.75. The predicted molar refractivity (Wildman–Crippen MR) is 87.8 cm³/mol. The molecule has 1 aliphatic heterocycles. The average Bonchev–Trinajstić information content (AvgIpc) is 2.42. The van der Waals surface area contributed by atoms with E-state index in [9.17, 15) is 4.79 Å². The van der Waals surface area contributed by atoms with E-state index in [1.165, 1.54) is 22.4 Å². The molecule has 0 spiro atoms. The van der Waals surface area contributed by atoms with Gasteiger partial charge in [0.15, 0.2) is 0 Å². The van der Waals surface area contributed by atoms with Crippen LogP contribution in [0.3, 0.4) is 0 Å². The lowest BCUT2D eigenvalue weighted by Gasteiger charge is -2.32. The van der Waals surface area contributed by atoms with Crippen LogP contribution in [-0.2, 0) is 4.79 Å². The third kappa shape index (κ3) is 4.21. The Hall–Kier alpha value is -1.55. The molecule has 0 bridgehead atoms. The molecule has 1 heterocycles. The molecule has 0 atom stereocenters. The molecule has 2 rings (SSSR count). The summed E-state index contributed by atoms with van der Waals surface area (Å²) in [6, 6.07) is 4.36. The first kappa shape index (κ1) is 15.8. The van der Waals surface area contributed by atoms with Crippen LogP contribution in [0.1, 0.15) is 23.1 Å². The quantitative estimate of drug-likeness (QED) is 0.923. The highest BCUT2D eigenvalue weighted by atomic mass is 16.2. The number of hydrogen-bond acceptors (Lipinski definition) is 3. The van der Waals surface area contributed by atoms with Gasteiger partial charge in [-0.25, -0.2) is 0 Å².